The molecule has 1 saturated heterocycles. The Balaban J connectivity index is 1.46. The minimum Gasteiger partial charge on any atom is -0.306 e. The third-order valence-electron chi connectivity index (χ3n) is 5.97. The monoisotopic (exact) mass is 339 g/mol. The number of aromatic nitrogens is 3. The molecule has 1 aromatic carbocycles. The Morgan fingerprint density at radius 1 is 1.04 bits per heavy atom. The van der Waals surface area contributed by atoms with Gasteiger partial charge in [-0.2, -0.15) is 0 Å². The summed E-state index contributed by atoms with van der Waals surface area (Å²) in [6, 6.07) is 9.12. The van der Waals surface area contributed by atoms with Crippen LogP contribution in [0, 0.1) is 6.92 Å². The molecule has 5 nitrogen and oxygen atoms in total. The second-order valence-electron chi connectivity index (χ2n) is 7.84. The number of nitrogens with zero attached hydrogens (tertiary/aromatic N) is 5. The van der Waals surface area contributed by atoms with Gasteiger partial charge < -0.3 is 4.57 Å². The molecule has 0 saturated carbocycles. The van der Waals surface area contributed by atoms with Crippen LogP contribution >= 0.6 is 0 Å². The Kier molecular flexibility index (Phi) is 4.38. The molecule has 4 rings (SSSR count). The molecular formula is C20H29N5. The molecule has 1 spiro atoms. The molecule has 5 heteroatoms. The smallest absolute Gasteiger partial charge is 0.147 e. The van der Waals surface area contributed by atoms with Gasteiger partial charge in [0.1, 0.15) is 11.6 Å². The second kappa shape index (κ2) is 6.54. The maximum Gasteiger partial charge on any atom is 0.147 e. The number of likely N-dealkylation sites (N-methyl/N-ethyl adjacent to an activating group) is 1. The van der Waals surface area contributed by atoms with E-state index in [4.69, 9.17) is 0 Å². The van der Waals surface area contributed by atoms with E-state index in [9.17, 15) is 0 Å². The van der Waals surface area contributed by atoms with Crippen molar-refractivity contribution in [1.82, 2.24) is 24.6 Å². The van der Waals surface area contributed by atoms with Crippen LogP contribution in [0.25, 0.3) is 0 Å². The summed E-state index contributed by atoms with van der Waals surface area (Å²) in [7, 11) is 2.21. The van der Waals surface area contributed by atoms with Crippen molar-refractivity contribution < 1.29 is 0 Å². The summed E-state index contributed by atoms with van der Waals surface area (Å²) in [5, 5.41) is 8.78. The van der Waals surface area contributed by atoms with Gasteiger partial charge in [0, 0.05) is 26.2 Å². The van der Waals surface area contributed by atoms with Crippen LogP contribution in [-0.4, -0.2) is 51.2 Å². The molecule has 2 aliphatic rings. The normalized spacial score (nSPS) is 20.8. The summed E-state index contributed by atoms with van der Waals surface area (Å²) in [6.45, 7) is 9.67. The standard InChI is InChI=1S/C20H29N5/c1-4-17-5-7-18(8-6-17)13-24-11-9-20(10-12-24)15-23(3)14-19-22-21-16(2)25(19)20/h5-8H,4,9-15H2,1-3H3. The first-order valence-electron chi connectivity index (χ1n) is 9.50. The van der Waals surface area contributed by atoms with Gasteiger partial charge >= 0.3 is 0 Å². The average molecular weight is 339 g/mol. The van der Waals surface area contributed by atoms with Gasteiger partial charge in [0.15, 0.2) is 0 Å². The summed E-state index contributed by atoms with van der Waals surface area (Å²) in [5.74, 6) is 2.21. The minimum absolute atomic E-state index is 0.179. The van der Waals surface area contributed by atoms with Crippen LogP contribution in [0.2, 0.25) is 0 Å². The van der Waals surface area contributed by atoms with Crippen LogP contribution in [0.15, 0.2) is 24.3 Å². The quantitative estimate of drug-likeness (QED) is 0.861. The first-order valence-corrected chi connectivity index (χ1v) is 9.50. The van der Waals surface area contributed by atoms with Crippen molar-refractivity contribution in [2.24, 2.45) is 0 Å². The Hall–Kier alpha value is -1.72. The van der Waals surface area contributed by atoms with E-state index in [1.807, 2.05) is 0 Å². The summed E-state index contributed by atoms with van der Waals surface area (Å²) in [4.78, 5) is 5.00. The Morgan fingerprint density at radius 3 is 2.40 bits per heavy atom. The van der Waals surface area contributed by atoms with Crippen LogP contribution < -0.4 is 0 Å². The van der Waals surface area contributed by atoms with Gasteiger partial charge in [-0.1, -0.05) is 31.2 Å². The van der Waals surface area contributed by atoms with Gasteiger partial charge in [-0.15, -0.1) is 10.2 Å². The van der Waals surface area contributed by atoms with E-state index >= 15 is 0 Å². The van der Waals surface area contributed by atoms with Crippen molar-refractivity contribution in [3.8, 4) is 0 Å². The second-order valence-corrected chi connectivity index (χ2v) is 7.84. The van der Waals surface area contributed by atoms with Gasteiger partial charge in [-0.25, -0.2) is 0 Å². The van der Waals surface area contributed by atoms with E-state index in [1.165, 1.54) is 24.0 Å². The number of fused-ring (bicyclic) bond motifs is 2. The predicted molar refractivity (Wildman–Crippen MR) is 99.4 cm³/mol. The molecule has 0 bridgehead atoms. The van der Waals surface area contributed by atoms with Gasteiger partial charge in [0.2, 0.25) is 0 Å². The highest BCUT2D eigenvalue weighted by molar-refractivity contribution is 5.22. The lowest BCUT2D eigenvalue weighted by atomic mass is 9.84. The lowest BCUT2D eigenvalue weighted by Gasteiger charge is -2.48. The predicted octanol–water partition coefficient (Wildman–Crippen LogP) is 2.59. The number of piperidine rings is 1. The first-order chi connectivity index (χ1) is 12.1. The summed E-state index contributed by atoms with van der Waals surface area (Å²) in [5.41, 5.74) is 3.02. The zero-order valence-corrected chi connectivity index (χ0v) is 15.7. The average Bonchev–Trinajstić information content (AvgIpc) is 2.99. The van der Waals surface area contributed by atoms with Gasteiger partial charge in [-0.3, -0.25) is 9.80 Å². The molecule has 0 atom stereocenters. The Bertz CT molecular complexity index is 725. The molecule has 0 amide bonds. The van der Waals surface area contributed by atoms with E-state index in [0.29, 0.717) is 0 Å². The van der Waals surface area contributed by atoms with Crippen LogP contribution in [0.3, 0.4) is 0 Å². The fourth-order valence-corrected chi connectivity index (χ4v) is 4.64. The van der Waals surface area contributed by atoms with Gasteiger partial charge in [-0.05, 0) is 44.4 Å². The van der Waals surface area contributed by atoms with Crippen molar-refractivity contribution >= 4 is 0 Å². The van der Waals surface area contributed by atoms with Crippen molar-refractivity contribution in [2.45, 2.75) is 51.7 Å². The molecule has 0 radical (unpaired) electrons. The molecule has 0 aliphatic carbocycles. The summed E-state index contributed by atoms with van der Waals surface area (Å²) in [6.07, 6.45) is 3.47. The third-order valence-corrected chi connectivity index (χ3v) is 5.97. The lowest BCUT2D eigenvalue weighted by Crippen LogP contribution is -2.55. The van der Waals surface area contributed by atoms with E-state index < -0.39 is 0 Å². The zero-order valence-electron chi connectivity index (χ0n) is 15.7. The zero-order chi connectivity index (χ0) is 17.4. The Morgan fingerprint density at radius 2 is 1.72 bits per heavy atom. The Labute approximate surface area is 150 Å². The number of aryl methyl sites for hydroxylation is 2. The number of hydrogen-bond donors (Lipinski definition) is 0. The minimum atomic E-state index is 0.179. The summed E-state index contributed by atoms with van der Waals surface area (Å²) >= 11 is 0. The highest BCUT2D eigenvalue weighted by atomic mass is 15.4. The number of likely N-dealkylation sites (tertiary alicyclic amines) is 1. The molecule has 2 aliphatic heterocycles. The van der Waals surface area contributed by atoms with E-state index in [1.54, 1.807) is 0 Å². The number of benzene rings is 1. The van der Waals surface area contributed by atoms with Crippen LogP contribution in [-0.2, 0) is 25.0 Å². The van der Waals surface area contributed by atoms with Gasteiger partial charge in [0.25, 0.3) is 0 Å². The summed E-state index contributed by atoms with van der Waals surface area (Å²) < 4.78 is 2.44. The van der Waals surface area contributed by atoms with Crippen molar-refractivity contribution in [3.63, 3.8) is 0 Å². The van der Waals surface area contributed by atoms with Crippen molar-refractivity contribution in [1.29, 1.82) is 0 Å². The number of hydrogen-bond acceptors (Lipinski definition) is 4. The topological polar surface area (TPSA) is 37.2 Å². The molecule has 0 N–H and O–H groups in total. The third kappa shape index (κ3) is 3.11. The molecule has 1 fully saturated rings. The highest BCUT2D eigenvalue weighted by Crippen LogP contribution is 2.36. The first kappa shape index (κ1) is 16.7. The highest BCUT2D eigenvalue weighted by Gasteiger charge is 2.42. The van der Waals surface area contributed by atoms with E-state index in [-0.39, 0.29) is 5.54 Å². The van der Waals surface area contributed by atoms with E-state index in [2.05, 4.69) is 69.7 Å². The molecule has 1 aromatic heterocycles. The van der Waals surface area contributed by atoms with Crippen molar-refractivity contribution in [2.75, 3.05) is 26.7 Å². The lowest BCUT2D eigenvalue weighted by molar-refractivity contribution is 0.0462. The molecule has 134 valence electrons. The molecule has 2 aromatic rings. The van der Waals surface area contributed by atoms with Crippen molar-refractivity contribution in [3.05, 3.63) is 47.0 Å². The fraction of sp³-hybridized carbons (Fsp3) is 0.600. The molecule has 25 heavy (non-hydrogen) atoms. The van der Waals surface area contributed by atoms with Gasteiger partial charge in [0.05, 0.1) is 12.1 Å². The molecular weight excluding hydrogens is 310 g/mol. The maximum absolute atomic E-state index is 4.42. The SMILES string of the molecule is CCc1ccc(CN2CCC3(CC2)CN(C)Cc2nnc(C)n23)cc1. The largest absolute Gasteiger partial charge is 0.306 e. The van der Waals surface area contributed by atoms with Crippen LogP contribution in [0.4, 0.5) is 0 Å². The molecule has 0 unspecified atom stereocenters. The maximum atomic E-state index is 4.42. The van der Waals surface area contributed by atoms with Crippen LogP contribution in [0.5, 0.6) is 0 Å². The number of rotatable bonds is 3. The molecule has 3 heterocycles. The van der Waals surface area contributed by atoms with E-state index in [0.717, 1.165) is 50.8 Å². The fourth-order valence-electron chi connectivity index (χ4n) is 4.64. The van der Waals surface area contributed by atoms with Crippen LogP contribution in [0.1, 0.15) is 42.5 Å².